The molecule has 0 aromatic carbocycles. The van der Waals surface area contributed by atoms with Crippen LogP contribution in [0.1, 0.15) is 24.2 Å². The second-order valence-electron chi connectivity index (χ2n) is 2.65. The molecule has 1 aliphatic carbocycles. The summed E-state index contributed by atoms with van der Waals surface area (Å²) in [4.78, 5) is 0.416. The molecule has 0 bridgehead atoms. The van der Waals surface area contributed by atoms with Crippen LogP contribution in [0.4, 0.5) is 0 Å². The van der Waals surface area contributed by atoms with E-state index < -0.39 is 0 Å². The highest BCUT2D eigenvalue weighted by Crippen LogP contribution is 2.16. The van der Waals surface area contributed by atoms with E-state index in [0.717, 1.165) is 12.8 Å². The highest BCUT2D eigenvalue weighted by Gasteiger charge is 2.27. The van der Waals surface area contributed by atoms with Crippen LogP contribution in [0, 0.1) is 5.21 Å². The molecule has 2 rings (SSSR count). The Labute approximate surface area is 68.2 Å². The molecule has 0 radical (unpaired) electrons. The number of hydrazone groups is 1. The Morgan fingerprint density at radius 2 is 2.42 bits per heavy atom. The molecule has 0 fully saturated rings. The van der Waals surface area contributed by atoms with Crippen LogP contribution in [0.2, 0.25) is 0 Å². The van der Waals surface area contributed by atoms with E-state index >= 15 is 0 Å². The van der Waals surface area contributed by atoms with Gasteiger partial charge in [0.2, 0.25) is 5.69 Å². The van der Waals surface area contributed by atoms with E-state index in [1.165, 1.54) is 0 Å². The van der Waals surface area contributed by atoms with Crippen molar-refractivity contribution in [2.24, 2.45) is 10.9 Å². The normalized spacial score (nSPS) is 19.5. The van der Waals surface area contributed by atoms with E-state index in [1.807, 2.05) is 0 Å². The quantitative estimate of drug-likeness (QED) is 0.315. The van der Waals surface area contributed by atoms with E-state index in [-0.39, 0.29) is 0 Å². The van der Waals surface area contributed by atoms with E-state index in [1.54, 1.807) is 0 Å². The van der Waals surface area contributed by atoms with Gasteiger partial charge in [-0.2, -0.15) is 5.10 Å². The molecule has 1 aromatic heterocycles. The number of nitrogens with two attached hydrogens (primary N) is 1. The molecule has 0 amide bonds. The van der Waals surface area contributed by atoms with Crippen LogP contribution >= 0.6 is 0 Å². The molecule has 6 nitrogen and oxygen atoms in total. The molecule has 1 aliphatic rings. The first-order chi connectivity index (χ1) is 5.83. The highest BCUT2D eigenvalue weighted by molar-refractivity contribution is 5.99. The molecule has 12 heavy (non-hydrogen) atoms. The maximum atomic E-state index is 10.9. The van der Waals surface area contributed by atoms with Crippen molar-refractivity contribution in [1.29, 1.82) is 0 Å². The minimum absolute atomic E-state index is 0.416. The molecule has 0 aliphatic heterocycles. The van der Waals surface area contributed by atoms with Crippen LogP contribution in [0.15, 0.2) is 9.73 Å². The van der Waals surface area contributed by atoms with E-state index in [9.17, 15) is 5.21 Å². The second-order valence-corrected chi connectivity index (χ2v) is 2.65. The molecule has 2 N–H and O–H groups in total. The molecule has 0 unspecified atom stereocenters. The first-order valence-electron chi connectivity index (χ1n) is 3.68. The molecular weight excluding hydrogens is 160 g/mol. The zero-order valence-electron chi connectivity index (χ0n) is 6.36. The summed E-state index contributed by atoms with van der Waals surface area (Å²) in [6.07, 6.45) is 2.31. The number of rotatable bonds is 0. The van der Waals surface area contributed by atoms with Gasteiger partial charge >= 0.3 is 0 Å². The predicted octanol–water partition coefficient (Wildman–Crippen LogP) is -0.693. The van der Waals surface area contributed by atoms with Crippen LogP contribution in [-0.2, 0) is 6.42 Å². The van der Waals surface area contributed by atoms with Crippen LogP contribution < -0.4 is 10.7 Å². The molecule has 1 heterocycles. The van der Waals surface area contributed by atoms with Gasteiger partial charge in [-0.1, -0.05) is 0 Å². The maximum Gasteiger partial charge on any atom is 0.267 e. The predicted molar refractivity (Wildman–Crippen MR) is 39.1 cm³/mol. The van der Waals surface area contributed by atoms with Crippen LogP contribution in [0.3, 0.4) is 0 Å². The minimum atomic E-state index is 0.416. The van der Waals surface area contributed by atoms with Crippen molar-refractivity contribution in [1.82, 2.24) is 5.16 Å². The Morgan fingerprint density at radius 1 is 1.58 bits per heavy atom. The van der Waals surface area contributed by atoms with Crippen molar-refractivity contribution in [3.63, 3.8) is 0 Å². The van der Waals surface area contributed by atoms with Gasteiger partial charge in [-0.3, -0.25) is 4.63 Å². The molecule has 1 aromatic rings. The monoisotopic (exact) mass is 168 g/mol. The maximum absolute atomic E-state index is 10.9. The summed E-state index contributed by atoms with van der Waals surface area (Å²) < 4.78 is 4.42. The average molecular weight is 168 g/mol. The lowest BCUT2D eigenvalue weighted by atomic mass is 9.99. The number of nitrogens with zero attached hydrogens (tertiary/aromatic N) is 3. The topological polar surface area (TPSA) is 91.3 Å². The summed E-state index contributed by atoms with van der Waals surface area (Å²) in [5, 5.41) is 18.0. The van der Waals surface area contributed by atoms with Gasteiger partial charge in [0.1, 0.15) is 5.71 Å². The third kappa shape index (κ3) is 0.843. The highest BCUT2D eigenvalue weighted by atomic mass is 16.8. The smallest absolute Gasteiger partial charge is 0.267 e. The number of fused-ring (bicyclic) bond motifs is 1. The SMILES string of the molecule is N/N=C1\CCCc2c1no[n+]2[O-]. The van der Waals surface area contributed by atoms with E-state index in [4.69, 9.17) is 5.84 Å². The Hall–Kier alpha value is -1.59. The molecule has 64 valence electrons. The van der Waals surface area contributed by atoms with Gasteiger partial charge in [0.15, 0.2) is 0 Å². The standard InChI is InChI=1S/C6H8N4O2/c7-8-4-2-1-3-5-6(4)9-12-10(5)11/h1-3,7H2/b8-4+. The average Bonchev–Trinajstić information content (AvgIpc) is 2.48. The van der Waals surface area contributed by atoms with Crippen LogP contribution in [-0.4, -0.2) is 10.9 Å². The Balaban J connectivity index is 2.53. The van der Waals surface area contributed by atoms with Crippen molar-refractivity contribution in [3.8, 4) is 0 Å². The van der Waals surface area contributed by atoms with Gasteiger partial charge < -0.3 is 11.0 Å². The summed E-state index contributed by atoms with van der Waals surface area (Å²) in [5.74, 6) is 5.12. The van der Waals surface area contributed by atoms with Crippen molar-refractivity contribution >= 4 is 5.71 Å². The third-order valence-electron chi connectivity index (χ3n) is 1.96. The first-order valence-corrected chi connectivity index (χ1v) is 3.68. The summed E-state index contributed by atoms with van der Waals surface area (Å²) >= 11 is 0. The van der Waals surface area contributed by atoms with Gasteiger partial charge in [0, 0.05) is 11.6 Å². The number of aromatic nitrogens is 2. The molecule has 0 saturated heterocycles. The van der Waals surface area contributed by atoms with Gasteiger partial charge in [-0.25, -0.2) is 0 Å². The Kier molecular flexibility index (Phi) is 1.46. The molecular formula is C6H8N4O2. The van der Waals surface area contributed by atoms with Crippen molar-refractivity contribution in [2.45, 2.75) is 19.3 Å². The lowest BCUT2D eigenvalue weighted by Gasteiger charge is -2.05. The molecule has 0 atom stereocenters. The summed E-state index contributed by atoms with van der Waals surface area (Å²) in [5.41, 5.74) is 1.69. The number of hydrogen-bond donors (Lipinski definition) is 1. The van der Waals surface area contributed by atoms with Crippen molar-refractivity contribution in [3.05, 3.63) is 16.6 Å². The zero-order chi connectivity index (χ0) is 8.55. The van der Waals surface area contributed by atoms with E-state index in [2.05, 4.69) is 14.9 Å². The minimum Gasteiger partial charge on any atom is -0.359 e. The number of hydrogen-bond acceptors (Lipinski definition) is 5. The Bertz CT molecular complexity index is 330. The summed E-state index contributed by atoms with van der Waals surface area (Å²) in [6.45, 7) is 0. The first kappa shape index (κ1) is 7.08. The van der Waals surface area contributed by atoms with Gasteiger partial charge in [-0.15, -0.1) is 0 Å². The fourth-order valence-corrected chi connectivity index (χ4v) is 1.36. The molecule has 6 heteroatoms. The van der Waals surface area contributed by atoms with Gasteiger partial charge in [0.25, 0.3) is 5.69 Å². The lowest BCUT2D eigenvalue weighted by molar-refractivity contribution is -0.808. The summed E-state index contributed by atoms with van der Waals surface area (Å²) in [6, 6.07) is 0. The summed E-state index contributed by atoms with van der Waals surface area (Å²) in [7, 11) is 0. The fourth-order valence-electron chi connectivity index (χ4n) is 1.36. The Morgan fingerprint density at radius 3 is 3.17 bits per heavy atom. The fraction of sp³-hybridized carbons (Fsp3) is 0.500. The zero-order valence-corrected chi connectivity index (χ0v) is 6.36. The van der Waals surface area contributed by atoms with E-state index in [0.29, 0.717) is 28.4 Å². The van der Waals surface area contributed by atoms with Crippen molar-refractivity contribution < 1.29 is 9.53 Å². The van der Waals surface area contributed by atoms with Gasteiger partial charge in [-0.05, 0) is 17.7 Å². The third-order valence-corrected chi connectivity index (χ3v) is 1.96. The lowest BCUT2D eigenvalue weighted by Crippen LogP contribution is -2.31. The van der Waals surface area contributed by atoms with Crippen LogP contribution in [0.5, 0.6) is 0 Å². The van der Waals surface area contributed by atoms with Crippen molar-refractivity contribution in [2.75, 3.05) is 0 Å². The second kappa shape index (κ2) is 2.47. The molecule has 0 saturated carbocycles. The van der Waals surface area contributed by atoms with Gasteiger partial charge in [0.05, 0.1) is 0 Å². The molecule has 0 spiro atoms. The largest absolute Gasteiger partial charge is 0.359 e. The van der Waals surface area contributed by atoms with Crippen LogP contribution in [0.25, 0.3) is 0 Å².